The van der Waals surface area contributed by atoms with Gasteiger partial charge in [0.1, 0.15) is 0 Å². The molecule has 1 aromatic rings. The van der Waals surface area contributed by atoms with Gasteiger partial charge in [-0.1, -0.05) is 37.3 Å². The molecule has 0 aliphatic carbocycles. The summed E-state index contributed by atoms with van der Waals surface area (Å²) >= 11 is 0. The molecule has 0 heterocycles. The van der Waals surface area contributed by atoms with E-state index in [1.54, 1.807) is 0 Å². The normalized spacial score (nSPS) is 11.7. The highest BCUT2D eigenvalue weighted by Crippen LogP contribution is 2.22. The topological polar surface area (TPSA) is 78.4 Å². The minimum atomic E-state index is -0.598. The Bertz CT molecular complexity index is 434. The summed E-state index contributed by atoms with van der Waals surface area (Å²) in [5.41, 5.74) is 1.14. The van der Waals surface area contributed by atoms with Gasteiger partial charge in [-0.3, -0.25) is 9.59 Å². The van der Waals surface area contributed by atoms with Crippen molar-refractivity contribution in [2.24, 2.45) is 0 Å². The largest absolute Gasteiger partial charge is 0.396 e. The fourth-order valence-electron chi connectivity index (χ4n) is 2.12. The van der Waals surface area contributed by atoms with Crippen molar-refractivity contribution in [2.45, 2.75) is 32.1 Å². The molecule has 0 radical (unpaired) electrons. The number of amides is 2. The zero-order valence-electron chi connectivity index (χ0n) is 12.5. The van der Waals surface area contributed by atoms with Crippen molar-refractivity contribution in [1.29, 1.82) is 0 Å². The van der Waals surface area contributed by atoms with Crippen LogP contribution in [0.5, 0.6) is 0 Å². The maximum Gasteiger partial charge on any atom is 0.309 e. The molecule has 1 atom stereocenters. The lowest BCUT2D eigenvalue weighted by molar-refractivity contribution is -0.139. The molecule has 0 aliphatic rings. The van der Waals surface area contributed by atoms with Crippen molar-refractivity contribution in [3.05, 3.63) is 35.9 Å². The molecule has 0 aliphatic heterocycles. The van der Waals surface area contributed by atoms with E-state index in [2.05, 4.69) is 10.6 Å². The van der Waals surface area contributed by atoms with Gasteiger partial charge in [-0.05, 0) is 30.7 Å². The van der Waals surface area contributed by atoms with Crippen molar-refractivity contribution < 1.29 is 14.7 Å². The molecule has 116 valence electrons. The van der Waals surface area contributed by atoms with Crippen LogP contribution in [0.15, 0.2) is 30.3 Å². The van der Waals surface area contributed by atoms with Gasteiger partial charge in [0.2, 0.25) is 0 Å². The highest BCUT2D eigenvalue weighted by atomic mass is 16.3. The number of hydrogen-bond acceptors (Lipinski definition) is 3. The minimum Gasteiger partial charge on any atom is -0.396 e. The number of benzene rings is 1. The predicted molar refractivity (Wildman–Crippen MR) is 81.8 cm³/mol. The SMILES string of the molecule is CCCNC(=O)C(=O)NCCC(CCO)c1ccccc1. The smallest absolute Gasteiger partial charge is 0.309 e. The van der Waals surface area contributed by atoms with Crippen molar-refractivity contribution in [3.63, 3.8) is 0 Å². The van der Waals surface area contributed by atoms with Gasteiger partial charge in [0.25, 0.3) is 0 Å². The van der Waals surface area contributed by atoms with Crippen LogP contribution in [0, 0.1) is 0 Å². The van der Waals surface area contributed by atoms with E-state index in [4.69, 9.17) is 5.11 Å². The second-order valence-electron chi connectivity index (χ2n) is 4.92. The summed E-state index contributed by atoms with van der Waals surface area (Å²) < 4.78 is 0. The second kappa shape index (κ2) is 9.94. The van der Waals surface area contributed by atoms with E-state index in [1.165, 1.54) is 0 Å². The van der Waals surface area contributed by atoms with Gasteiger partial charge in [-0.25, -0.2) is 0 Å². The van der Waals surface area contributed by atoms with Crippen LogP contribution in [0.1, 0.15) is 37.7 Å². The number of rotatable bonds is 8. The van der Waals surface area contributed by atoms with Gasteiger partial charge >= 0.3 is 11.8 Å². The molecule has 21 heavy (non-hydrogen) atoms. The average Bonchev–Trinajstić information content (AvgIpc) is 2.52. The fraction of sp³-hybridized carbons (Fsp3) is 0.500. The van der Waals surface area contributed by atoms with E-state index in [-0.39, 0.29) is 12.5 Å². The molecule has 2 amide bonds. The molecule has 0 fully saturated rings. The number of carbonyl (C=O) groups excluding carboxylic acids is 2. The Hall–Kier alpha value is -1.88. The molecule has 0 spiro atoms. The molecule has 3 N–H and O–H groups in total. The maximum absolute atomic E-state index is 11.6. The van der Waals surface area contributed by atoms with Crippen LogP contribution in [0.3, 0.4) is 0 Å². The zero-order chi connectivity index (χ0) is 15.5. The average molecular weight is 292 g/mol. The third-order valence-electron chi connectivity index (χ3n) is 3.27. The van der Waals surface area contributed by atoms with Crippen LogP contribution in [0.25, 0.3) is 0 Å². The summed E-state index contributed by atoms with van der Waals surface area (Å²) in [6, 6.07) is 9.87. The third kappa shape index (κ3) is 6.40. The third-order valence-corrected chi connectivity index (χ3v) is 3.27. The molecular weight excluding hydrogens is 268 g/mol. The van der Waals surface area contributed by atoms with Crippen LogP contribution in [0.4, 0.5) is 0 Å². The summed E-state index contributed by atoms with van der Waals surface area (Å²) in [7, 11) is 0. The standard InChI is InChI=1S/C16H24N2O3/c1-2-10-17-15(20)16(21)18-11-8-14(9-12-19)13-6-4-3-5-7-13/h3-7,14,19H,2,8-12H2,1H3,(H,17,20)(H,18,21). The Morgan fingerprint density at radius 1 is 1.05 bits per heavy atom. The number of carbonyl (C=O) groups is 2. The fourth-order valence-corrected chi connectivity index (χ4v) is 2.12. The molecule has 0 bridgehead atoms. The van der Waals surface area contributed by atoms with Gasteiger partial charge in [-0.15, -0.1) is 0 Å². The predicted octanol–water partition coefficient (Wildman–Crippen LogP) is 1.19. The van der Waals surface area contributed by atoms with E-state index >= 15 is 0 Å². The Kier molecular flexibility index (Phi) is 8.12. The van der Waals surface area contributed by atoms with Crippen LogP contribution < -0.4 is 10.6 Å². The van der Waals surface area contributed by atoms with Gasteiger partial charge in [0, 0.05) is 19.7 Å². The molecule has 1 unspecified atom stereocenters. The van der Waals surface area contributed by atoms with Crippen LogP contribution >= 0.6 is 0 Å². The summed E-state index contributed by atoms with van der Waals surface area (Å²) in [4.78, 5) is 23.0. The lowest BCUT2D eigenvalue weighted by Gasteiger charge is -2.16. The van der Waals surface area contributed by atoms with E-state index in [1.807, 2.05) is 37.3 Å². The van der Waals surface area contributed by atoms with Gasteiger partial charge in [-0.2, -0.15) is 0 Å². The van der Waals surface area contributed by atoms with E-state index < -0.39 is 11.8 Å². The molecule has 0 aromatic heterocycles. The highest BCUT2D eigenvalue weighted by molar-refractivity contribution is 6.35. The van der Waals surface area contributed by atoms with Crippen molar-refractivity contribution in [2.75, 3.05) is 19.7 Å². The second-order valence-corrected chi connectivity index (χ2v) is 4.92. The lowest BCUT2D eigenvalue weighted by atomic mass is 9.93. The number of nitrogens with one attached hydrogen (secondary N) is 2. The number of aliphatic hydroxyl groups excluding tert-OH is 1. The van der Waals surface area contributed by atoms with Gasteiger partial charge in [0.15, 0.2) is 0 Å². The van der Waals surface area contributed by atoms with Crippen LogP contribution in [0.2, 0.25) is 0 Å². The minimum absolute atomic E-state index is 0.102. The van der Waals surface area contributed by atoms with Crippen molar-refractivity contribution >= 4 is 11.8 Å². The Balaban J connectivity index is 2.40. The molecule has 1 rings (SSSR count). The monoisotopic (exact) mass is 292 g/mol. The van der Waals surface area contributed by atoms with Crippen LogP contribution in [-0.4, -0.2) is 36.6 Å². The molecular formula is C16H24N2O3. The van der Waals surface area contributed by atoms with Crippen molar-refractivity contribution in [1.82, 2.24) is 10.6 Å². The Labute approximate surface area is 125 Å². The van der Waals surface area contributed by atoms with Crippen molar-refractivity contribution in [3.8, 4) is 0 Å². The number of aliphatic hydroxyl groups is 1. The maximum atomic E-state index is 11.6. The Morgan fingerprint density at radius 2 is 1.67 bits per heavy atom. The summed E-state index contributed by atoms with van der Waals surface area (Å²) in [5, 5.41) is 14.3. The van der Waals surface area contributed by atoms with Gasteiger partial charge < -0.3 is 15.7 Å². The molecule has 5 heteroatoms. The van der Waals surface area contributed by atoms with E-state index in [0.29, 0.717) is 25.9 Å². The quantitative estimate of drug-likeness (QED) is 0.630. The summed E-state index contributed by atoms with van der Waals surface area (Å²) in [5.74, 6) is -1.01. The Morgan fingerprint density at radius 3 is 2.24 bits per heavy atom. The summed E-state index contributed by atoms with van der Waals surface area (Å²) in [6.45, 7) is 2.95. The lowest BCUT2D eigenvalue weighted by Crippen LogP contribution is -2.40. The molecule has 0 saturated heterocycles. The molecule has 1 aromatic carbocycles. The first-order valence-electron chi connectivity index (χ1n) is 7.40. The first-order chi connectivity index (χ1) is 10.2. The molecule has 5 nitrogen and oxygen atoms in total. The highest BCUT2D eigenvalue weighted by Gasteiger charge is 2.14. The van der Waals surface area contributed by atoms with Gasteiger partial charge in [0.05, 0.1) is 0 Å². The first kappa shape index (κ1) is 17.2. The zero-order valence-corrected chi connectivity index (χ0v) is 12.5. The first-order valence-corrected chi connectivity index (χ1v) is 7.40. The number of hydrogen-bond donors (Lipinski definition) is 3. The summed E-state index contributed by atoms with van der Waals surface area (Å²) in [6.07, 6.45) is 2.13. The van der Waals surface area contributed by atoms with E-state index in [9.17, 15) is 9.59 Å². The van der Waals surface area contributed by atoms with Crippen LogP contribution in [-0.2, 0) is 9.59 Å². The van der Waals surface area contributed by atoms with E-state index in [0.717, 1.165) is 12.0 Å². The molecule has 0 saturated carbocycles.